The number of hydrogen-bond acceptors (Lipinski definition) is 4. The van der Waals surface area contributed by atoms with Gasteiger partial charge < -0.3 is 29.8 Å². The highest BCUT2D eigenvalue weighted by atomic mass is 31.2. The van der Waals surface area contributed by atoms with E-state index < -0.39 is 15.2 Å². The first-order chi connectivity index (χ1) is 20.5. The third-order valence-electron chi connectivity index (χ3n) is 5.78. The Kier molecular flexibility index (Phi) is 12.5. The summed E-state index contributed by atoms with van der Waals surface area (Å²) >= 11 is 0. The molecule has 4 aromatic carbocycles. The number of hydrogen-bond donors (Lipinski definition) is 6. The van der Waals surface area contributed by atoms with E-state index in [4.69, 9.17) is 9.47 Å². The molecule has 0 aliphatic heterocycles. The van der Waals surface area contributed by atoms with Gasteiger partial charge in [0.2, 0.25) is 0 Å². The van der Waals surface area contributed by atoms with E-state index in [9.17, 15) is 9.13 Å². The Morgan fingerprint density at radius 1 is 0.405 bits per heavy atom. The molecule has 0 spiro atoms. The zero-order valence-electron chi connectivity index (χ0n) is 23.3. The number of rotatable bonds is 19. The zero-order valence-corrected chi connectivity index (χ0v) is 25.1. The number of anilines is 4. The van der Waals surface area contributed by atoms with Gasteiger partial charge in [-0.15, -0.1) is 0 Å². The van der Waals surface area contributed by atoms with E-state index in [0.717, 1.165) is 22.7 Å². The molecule has 0 saturated carbocycles. The minimum Gasteiger partial charge on any atom is -0.378 e. The molecule has 222 valence electrons. The van der Waals surface area contributed by atoms with Crippen LogP contribution in [0.4, 0.5) is 22.7 Å². The van der Waals surface area contributed by atoms with Gasteiger partial charge in [0.15, 0.2) is 0 Å². The number of ether oxygens (including phenoxy) is 2. The molecule has 0 fully saturated rings. The van der Waals surface area contributed by atoms with Gasteiger partial charge in [0.25, 0.3) is 0 Å². The maximum absolute atomic E-state index is 13.6. The minimum absolute atomic E-state index is 0.343. The van der Waals surface area contributed by atoms with Crippen molar-refractivity contribution in [3.63, 3.8) is 0 Å². The van der Waals surface area contributed by atoms with Crippen LogP contribution < -0.4 is 30.5 Å². The highest BCUT2D eigenvalue weighted by Gasteiger charge is 2.22. The monoisotopic (exact) mass is 608 g/mol. The molecular weight excluding hydrogens is 570 g/mol. The lowest BCUT2D eigenvalue weighted by Gasteiger charge is -2.23. The molecular formula is C30H38N6O4P2. The maximum Gasteiger partial charge on any atom is 0.328 e. The Hall–Kier alpha value is -3.62. The zero-order chi connectivity index (χ0) is 29.4. The van der Waals surface area contributed by atoms with Crippen molar-refractivity contribution in [1.82, 2.24) is 10.2 Å². The van der Waals surface area contributed by atoms with E-state index in [2.05, 4.69) is 30.5 Å². The van der Waals surface area contributed by atoms with Gasteiger partial charge >= 0.3 is 15.2 Å². The average Bonchev–Trinajstić information content (AvgIpc) is 3.00. The second-order valence-corrected chi connectivity index (χ2v) is 13.1. The molecule has 0 amide bonds. The van der Waals surface area contributed by atoms with Crippen LogP contribution in [0.3, 0.4) is 0 Å². The third kappa shape index (κ3) is 11.3. The Bertz CT molecular complexity index is 1200. The van der Waals surface area contributed by atoms with Crippen LogP contribution in [-0.2, 0) is 18.6 Å². The summed E-state index contributed by atoms with van der Waals surface area (Å²) in [7, 11) is -6.42. The predicted molar refractivity (Wildman–Crippen MR) is 173 cm³/mol. The van der Waals surface area contributed by atoms with Crippen LogP contribution in [-0.4, -0.2) is 39.5 Å². The molecule has 0 bridgehead atoms. The first-order valence-corrected chi connectivity index (χ1v) is 17.1. The van der Waals surface area contributed by atoms with Crippen LogP contribution in [0.1, 0.15) is 0 Å². The van der Waals surface area contributed by atoms with Gasteiger partial charge in [-0.3, -0.25) is 9.13 Å². The topological polar surface area (TPSA) is 125 Å². The van der Waals surface area contributed by atoms with Crippen molar-refractivity contribution >= 4 is 37.9 Å². The summed E-state index contributed by atoms with van der Waals surface area (Å²) in [5.74, 6) is 0. The van der Waals surface area contributed by atoms with E-state index in [0.29, 0.717) is 39.5 Å². The molecule has 0 unspecified atom stereocenters. The Morgan fingerprint density at radius 2 is 0.667 bits per heavy atom. The molecule has 0 aromatic heterocycles. The molecule has 0 saturated heterocycles. The van der Waals surface area contributed by atoms with Crippen molar-refractivity contribution in [2.45, 2.75) is 0 Å². The standard InChI is InChI=1S/C30H38N6O4P2/c37-41(33-27-13-5-1-6-14-27,34-28-15-7-2-8-16-28)31-21-23-39-25-26-40-24-22-32-42(38,35-29-17-9-3-10-18-29)36-30-19-11-4-12-20-30/h1-20H,21-26H2,(H3,31,33,34,37)(H3,32,35,36,38). The second-order valence-electron chi connectivity index (χ2n) is 9.17. The lowest BCUT2D eigenvalue weighted by Crippen LogP contribution is -2.26. The normalized spacial score (nSPS) is 11.5. The summed E-state index contributed by atoms with van der Waals surface area (Å²) in [6.45, 7) is 2.14. The Labute approximate surface area is 247 Å². The fraction of sp³-hybridized carbons (Fsp3) is 0.200. The van der Waals surface area contributed by atoms with Crippen molar-refractivity contribution < 1.29 is 18.6 Å². The van der Waals surface area contributed by atoms with E-state index >= 15 is 0 Å². The SMILES string of the molecule is O=P(NCCOCCOCCNP(=O)(Nc1ccccc1)Nc1ccccc1)(Nc1ccccc1)Nc1ccccc1. The summed E-state index contributed by atoms with van der Waals surface area (Å²) in [5.41, 5.74) is 2.95. The Morgan fingerprint density at radius 3 is 0.929 bits per heavy atom. The van der Waals surface area contributed by atoms with Gasteiger partial charge in [-0.2, -0.15) is 0 Å². The summed E-state index contributed by atoms with van der Waals surface area (Å²) in [6, 6.07) is 37.5. The summed E-state index contributed by atoms with van der Waals surface area (Å²) in [4.78, 5) is 0. The van der Waals surface area contributed by atoms with Crippen LogP contribution in [0.25, 0.3) is 0 Å². The predicted octanol–water partition coefficient (Wildman–Crippen LogP) is 6.86. The van der Waals surface area contributed by atoms with Gasteiger partial charge in [0.05, 0.1) is 26.4 Å². The van der Waals surface area contributed by atoms with E-state index in [1.165, 1.54) is 0 Å². The molecule has 0 aliphatic rings. The number of nitrogens with one attached hydrogen (secondary N) is 6. The van der Waals surface area contributed by atoms with E-state index in [1.54, 1.807) is 0 Å². The Balaban J connectivity index is 1.15. The van der Waals surface area contributed by atoms with Crippen LogP contribution in [0.5, 0.6) is 0 Å². The molecule has 4 aromatic rings. The van der Waals surface area contributed by atoms with E-state index in [-0.39, 0.29) is 0 Å². The molecule has 6 N–H and O–H groups in total. The molecule has 42 heavy (non-hydrogen) atoms. The van der Waals surface area contributed by atoms with Gasteiger partial charge in [-0.25, -0.2) is 10.2 Å². The van der Waals surface area contributed by atoms with Crippen molar-refractivity contribution in [2.75, 3.05) is 59.9 Å². The smallest absolute Gasteiger partial charge is 0.328 e. The largest absolute Gasteiger partial charge is 0.378 e. The van der Waals surface area contributed by atoms with Crippen LogP contribution in [0, 0.1) is 0 Å². The average molecular weight is 609 g/mol. The van der Waals surface area contributed by atoms with Gasteiger partial charge in [0, 0.05) is 35.8 Å². The summed E-state index contributed by atoms with van der Waals surface area (Å²) in [5, 5.41) is 18.5. The molecule has 12 heteroatoms. The van der Waals surface area contributed by atoms with Crippen molar-refractivity contribution in [3.8, 4) is 0 Å². The summed E-state index contributed by atoms with van der Waals surface area (Å²) in [6.07, 6.45) is 0. The molecule has 0 radical (unpaired) electrons. The highest BCUT2D eigenvalue weighted by Crippen LogP contribution is 2.42. The lowest BCUT2D eigenvalue weighted by atomic mass is 10.3. The number of benzene rings is 4. The molecule has 0 aliphatic carbocycles. The van der Waals surface area contributed by atoms with E-state index in [1.807, 2.05) is 121 Å². The summed E-state index contributed by atoms with van der Waals surface area (Å²) < 4.78 is 38.6. The second kappa shape index (κ2) is 16.7. The number of para-hydroxylation sites is 4. The quantitative estimate of drug-likeness (QED) is 0.0497. The molecule has 0 atom stereocenters. The molecule has 4 rings (SSSR count). The molecule has 0 heterocycles. The first kappa shape index (κ1) is 31.3. The van der Waals surface area contributed by atoms with Crippen molar-refractivity contribution in [1.29, 1.82) is 0 Å². The maximum atomic E-state index is 13.6. The van der Waals surface area contributed by atoms with Crippen molar-refractivity contribution in [2.24, 2.45) is 0 Å². The van der Waals surface area contributed by atoms with Crippen LogP contribution in [0.15, 0.2) is 121 Å². The van der Waals surface area contributed by atoms with Gasteiger partial charge in [0.1, 0.15) is 0 Å². The highest BCUT2D eigenvalue weighted by molar-refractivity contribution is 7.65. The van der Waals surface area contributed by atoms with Gasteiger partial charge in [-0.05, 0) is 48.5 Å². The lowest BCUT2D eigenvalue weighted by molar-refractivity contribution is 0.0522. The fourth-order valence-corrected chi connectivity index (χ4v) is 7.16. The van der Waals surface area contributed by atoms with Gasteiger partial charge in [-0.1, -0.05) is 72.8 Å². The van der Waals surface area contributed by atoms with Crippen LogP contribution in [0.2, 0.25) is 0 Å². The first-order valence-electron chi connectivity index (χ1n) is 13.7. The van der Waals surface area contributed by atoms with Crippen molar-refractivity contribution in [3.05, 3.63) is 121 Å². The van der Waals surface area contributed by atoms with Crippen LogP contribution >= 0.6 is 15.2 Å². The minimum atomic E-state index is -3.21. The molecule has 10 nitrogen and oxygen atoms in total. The fourth-order valence-electron chi connectivity index (χ4n) is 3.86. The third-order valence-corrected chi connectivity index (χ3v) is 9.41.